The van der Waals surface area contributed by atoms with Gasteiger partial charge in [0.2, 0.25) is 0 Å². The van der Waals surface area contributed by atoms with Gasteiger partial charge in [0.15, 0.2) is 6.04 Å². The van der Waals surface area contributed by atoms with E-state index in [1.807, 2.05) is 36.4 Å². The molecule has 0 saturated carbocycles. The molecule has 0 radical (unpaired) electrons. The number of carbonyl (C=O) groups is 2. The van der Waals surface area contributed by atoms with Gasteiger partial charge in [-0.1, -0.05) is 48.5 Å². The molecule has 1 aliphatic rings. The number of ether oxygens (including phenoxy) is 1. The number of imidazole rings is 1. The first kappa shape index (κ1) is 17.8. The SMILES string of the molecule is Cn1cncc1C(NC(=O)OCC1c2ccccc2-c2ccccc21)C(=O)O. The van der Waals surface area contributed by atoms with Crippen LogP contribution in [0.25, 0.3) is 11.1 Å². The van der Waals surface area contributed by atoms with E-state index in [0.29, 0.717) is 5.69 Å². The third kappa shape index (κ3) is 3.11. The standard InChI is InChI=1S/C21H19N3O4/c1-24-12-22-10-18(24)19(20(25)26)23-21(27)28-11-17-15-8-4-2-6-13(15)14-7-3-5-9-16(14)17/h2-10,12,17,19H,11H2,1H3,(H,23,27)(H,25,26). The number of fused-ring (bicyclic) bond motifs is 3. The van der Waals surface area contributed by atoms with Crippen LogP contribution in [0.1, 0.15) is 28.8 Å². The molecule has 1 atom stereocenters. The van der Waals surface area contributed by atoms with E-state index >= 15 is 0 Å². The molecule has 0 saturated heterocycles. The average molecular weight is 377 g/mol. The van der Waals surface area contributed by atoms with Crippen LogP contribution in [0.3, 0.4) is 0 Å². The lowest BCUT2D eigenvalue weighted by Crippen LogP contribution is -2.35. The molecule has 0 fully saturated rings. The lowest BCUT2D eigenvalue weighted by Gasteiger charge is -2.17. The Bertz CT molecular complexity index is 998. The molecule has 0 aliphatic heterocycles. The number of hydrogen-bond acceptors (Lipinski definition) is 4. The summed E-state index contributed by atoms with van der Waals surface area (Å²) >= 11 is 0. The summed E-state index contributed by atoms with van der Waals surface area (Å²) in [6, 6.07) is 14.8. The van der Waals surface area contributed by atoms with Crippen LogP contribution in [0, 0.1) is 0 Å². The zero-order valence-corrected chi connectivity index (χ0v) is 15.2. The number of aromatic nitrogens is 2. The van der Waals surface area contributed by atoms with Crippen LogP contribution in [0.2, 0.25) is 0 Å². The third-order valence-corrected chi connectivity index (χ3v) is 5.00. The maximum absolute atomic E-state index is 12.3. The fourth-order valence-corrected chi connectivity index (χ4v) is 3.67. The molecular weight excluding hydrogens is 358 g/mol. The quantitative estimate of drug-likeness (QED) is 0.713. The highest BCUT2D eigenvalue weighted by Gasteiger charge is 2.30. The van der Waals surface area contributed by atoms with E-state index in [9.17, 15) is 14.7 Å². The molecule has 1 heterocycles. The largest absolute Gasteiger partial charge is 0.479 e. The highest BCUT2D eigenvalue weighted by Crippen LogP contribution is 2.44. The number of carbonyl (C=O) groups excluding carboxylic acids is 1. The number of alkyl carbamates (subject to hydrolysis) is 1. The van der Waals surface area contributed by atoms with E-state index in [4.69, 9.17) is 4.74 Å². The van der Waals surface area contributed by atoms with E-state index < -0.39 is 18.1 Å². The van der Waals surface area contributed by atoms with Crippen LogP contribution in [0.5, 0.6) is 0 Å². The lowest BCUT2D eigenvalue weighted by molar-refractivity contribution is -0.139. The Morgan fingerprint density at radius 2 is 1.75 bits per heavy atom. The molecule has 28 heavy (non-hydrogen) atoms. The first-order valence-electron chi connectivity index (χ1n) is 8.87. The summed E-state index contributed by atoms with van der Waals surface area (Å²) in [5, 5.41) is 11.9. The Balaban J connectivity index is 1.49. The monoisotopic (exact) mass is 377 g/mol. The molecule has 0 spiro atoms. The second kappa shape index (κ2) is 7.19. The summed E-state index contributed by atoms with van der Waals surface area (Å²) in [6.45, 7) is 0.123. The van der Waals surface area contributed by atoms with Crippen molar-refractivity contribution >= 4 is 12.1 Å². The normalized spacial score (nSPS) is 13.5. The molecule has 7 nitrogen and oxygen atoms in total. The number of rotatable bonds is 5. The van der Waals surface area contributed by atoms with E-state index in [1.165, 1.54) is 12.5 Å². The van der Waals surface area contributed by atoms with Crippen molar-refractivity contribution in [2.75, 3.05) is 6.61 Å². The van der Waals surface area contributed by atoms with Crippen molar-refractivity contribution in [2.45, 2.75) is 12.0 Å². The number of aryl methyl sites for hydroxylation is 1. The van der Waals surface area contributed by atoms with E-state index in [0.717, 1.165) is 22.3 Å². The predicted molar refractivity (Wildman–Crippen MR) is 102 cm³/mol. The van der Waals surface area contributed by atoms with Gasteiger partial charge in [-0.05, 0) is 22.3 Å². The number of aliphatic carboxylic acids is 1. The van der Waals surface area contributed by atoms with Gasteiger partial charge in [0.25, 0.3) is 0 Å². The molecule has 7 heteroatoms. The number of carboxylic acids is 1. The number of nitrogens with zero attached hydrogens (tertiary/aromatic N) is 2. The van der Waals surface area contributed by atoms with Gasteiger partial charge in [-0.15, -0.1) is 0 Å². The first-order chi connectivity index (χ1) is 13.6. The Labute approximate surface area is 161 Å². The van der Waals surface area contributed by atoms with Crippen molar-refractivity contribution in [3.05, 3.63) is 77.9 Å². The summed E-state index contributed by atoms with van der Waals surface area (Å²) in [7, 11) is 1.66. The summed E-state index contributed by atoms with van der Waals surface area (Å²) in [6.07, 6.45) is 2.10. The molecule has 1 aromatic heterocycles. The molecule has 3 aromatic rings. The van der Waals surface area contributed by atoms with Crippen molar-refractivity contribution < 1.29 is 19.4 Å². The zero-order valence-electron chi connectivity index (χ0n) is 15.2. The Hall–Kier alpha value is -3.61. The van der Waals surface area contributed by atoms with Crippen molar-refractivity contribution in [1.29, 1.82) is 0 Å². The van der Waals surface area contributed by atoms with Gasteiger partial charge >= 0.3 is 12.1 Å². The summed E-state index contributed by atoms with van der Waals surface area (Å²) in [4.78, 5) is 27.8. The van der Waals surface area contributed by atoms with Gasteiger partial charge in [-0.3, -0.25) is 0 Å². The van der Waals surface area contributed by atoms with E-state index in [2.05, 4.69) is 22.4 Å². The van der Waals surface area contributed by atoms with Gasteiger partial charge in [0.1, 0.15) is 6.61 Å². The molecule has 2 N–H and O–H groups in total. The van der Waals surface area contributed by atoms with Crippen LogP contribution >= 0.6 is 0 Å². The fourth-order valence-electron chi connectivity index (χ4n) is 3.67. The summed E-state index contributed by atoms with van der Waals surface area (Å²) in [5.74, 6) is -1.27. The number of amides is 1. The second-order valence-corrected chi connectivity index (χ2v) is 6.67. The van der Waals surface area contributed by atoms with Crippen LogP contribution in [0.4, 0.5) is 4.79 Å². The molecule has 1 amide bonds. The van der Waals surface area contributed by atoms with Crippen LogP contribution in [-0.2, 0) is 16.6 Å². The average Bonchev–Trinajstić information content (AvgIpc) is 3.25. The Kier molecular flexibility index (Phi) is 4.57. The maximum atomic E-state index is 12.3. The highest BCUT2D eigenvalue weighted by molar-refractivity contribution is 5.81. The van der Waals surface area contributed by atoms with Crippen LogP contribution in [-0.4, -0.2) is 33.3 Å². The van der Waals surface area contributed by atoms with Crippen molar-refractivity contribution in [3.8, 4) is 11.1 Å². The van der Waals surface area contributed by atoms with Gasteiger partial charge in [-0.25, -0.2) is 14.6 Å². The van der Waals surface area contributed by atoms with Gasteiger partial charge < -0.3 is 19.7 Å². The minimum absolute atomic E-state index is 0.0851. The van der Waals surface area contributed by atoms with Crippen LogP contribution in [0.15, 0.2) is 61.1 Å². The number of nitrogens with one attached hydrogen (secondary N) is 1. The molecule has 142 valence electrons. The highest BCUT2D eigenvalue weighted by atomic mass is 16.5. The van der Waals surface area contributed by atoms with Crippen molar-refractivity contribution in [3.63, 3.8) is 0 Å². The molecular formula is C21H19N3O4. The van der Waals surface area contributed by atoms with Gasteiger partial charge in [0.05, 0.1) is 18.2 Å². The zero-order chi connectivity index (χ0) is 19.7. The molecule has 2 aromatic carbocycles. The number of carboxylic acid groups (broad SMARTS) is 1. The first-order valence-corrected chi connectivity index (χ1v) is 8.87. The second-order valence-electron chi connectivity index (χ2n) is 6.67. The molecule has 0 bridgehead atoms. The third-order valence-electron chi connectivity index (χ3n) is 5.00. The minimum atomic E-state index is -1.23. The minimum Gasteiger partial charge on any atom is -0.479 e. The van der Waals surface area contributed by atoms with Gasteiger partial charge in [-0.2, -0.15) is 0 Å². The predicted octanol–water partition coefficient (Wildman–Crippen LogP) is 3.08. The fraction of sp³-hybridized carbons (Fsp3) is 0.190. The number of hydrogen-bond donors (Lipinski definition) is 2. The van der Waals surface area contributed by atoms with Crippen LogP contribution < -0.4 is 5.32 Å². The van der Waals surface area contributed by atoms with Crippen molar-refractivity contribution in [2.24, 2.45) is 7.05 Å². The number of benzene rings is 2. The Morgan fingerprint density at radius 1 is 1.14 bits per heavy atom. The smallest absolute Gasteiger partial charge is 0.408 e. The molecule has 4 rings (SSSR count). The Morgan fingerprint density at radius 3 is 2.29 bits per heavy atom. The topological polar surface area (TPSA) is 93.5 Å². The van der Waals surface area contributed by atoms with E-state index in [-0.39, 0.29) is 12.5 Å². The summed E-state index contributed by atoms with van der Waals surface area (Å²) in [5.41, 5.74) is 4.81. The molecule has 1 unspecified atom stereocenters. The van der Waals surface area contributed by atoms with Gasteiger partial charge in [0, 0.05) is 13.0 Å². The summed E-state index contributed by atoms with van der Waals surface area (Å²) < 4.78 is 6.96. The maximum Gasteiger partial charge on any atom is 0.408 e. The van der Waals surface area contributed by atoms with E-state index in [1.54, 1.807) is 11.6 Å². The molecule has 1 aliphatic carbocycles. The van der Waals surface area contributed by atoms with Crippen molar-refractivity contribution in [1.82, 2.24) is 14.9 Å². The lowest BCUT2D eigenvalue weighted by atomic mass is 9.98.